The lowest BCUT2D eigenvalue weighted by Crippen LogP contribution is -2.10. The molecule has 0 aromatic heterocycles. The Hall–Kier alpha value is -1.60. The first-order valence-electron chi connectivity index (χ1n) is 9.09. The summed E-state index contributed by atoms with van der Waals surface area (Å²) in [6.07, 6.45) is 7.34. The molecule has 0 spiro atoms. The third-order valence-electron chi connectivity index (χ3n) is 4.32. The molecule has 0 aliphatic carbocycles. The van der Waals surface area contributed by atoms with E-state index in [1.165, 1.54) is 41.5 Å². The molecule has 0 aliphatic rings. The van der Waals surface area contributed by atoms with Crippen LogP contribution in [-0.4, -0.2) is 11.2 Å². The van der Waals surface area contributed by atoms with E-state index in [1.807, 2.05) is 0 Å². The van der Waals surface area contributed by atoms with E-state index >= 15 is 0 Å². The number of benzene rings is 2. The van der Waals surface area contributed by atoms with Gasteiger partial charge in [-0.1, -0.05) is 81.6 Å². The fourth-order valence-electron chi connectivity index (χ4n) is 3.11. The maximum Gasteiger partial charge on any atom is 0.0580 e. The van der Waals surface area contributed by atoms with Crippen LogP contribution in [0.2, 0.25) is 0 Å². The number of rotatable bonds is 9. The lowest BCUT2D eigenvalue weighted by Gasteiger charge is -2.13. The molecule has 0 aliphatic heterocycles. The first-order valence-corrected chi connectivity index (χ1v) is 9.09. The van der Waals surface area contributed by atoms with Crippen LogP contribution in [0, 0.1) is 0 Å². The zero-order valence-electron chi connectivity index (χ0n) is 14.6. The predicted molar refractivity (Wildman–Crippen MR) is 99.7 cm³/mol. The number of unbranched alkanes of at least 4 members (excludes halogenated alkanes) is 2. The van der Waals surface area contributed by atoms with Crippen molar-refractivity contribution in [1.82, 2.24) is 0 Å². The van der Waals surface area contributed by atoms with Gasteiger partial charge in [-0.25, -0.2) is 0 Å². The first kappa shape index (κ1) is 17.7. The Kier molecular flexibility index (Phi) is 7.35. The van der Waals surface area contributed by atoms with Crippen LogP contribution in [0.15, 0.2) is 48.5 Å². The maximum atomic E-state index is 10.2. The second-order valence-corrected chi connectivity index (χ2v) is 6.51. The van der Waals surface area contributed by atoms with Crippen molar-refractivity contribution in [2.75, 3.05) is 0 Å². The number of aryl methyl sites for hydroxylation is 1. The van der Waals surface area contributed by atoms with Crippen molar-refractivity contribution in [3.05, 3.63) is 59.7 Å². The Morgan fingerprint density at radius 1 is 0.826 bits per heavy atom. The maximum absolute atomic E-state index is 10.2. The summed E-state index contributed by atoms with van der Waals surface area (Å²) in [5.41, 5.74) is 5.20. The molecule has 1 nitrogen and oxygen atoms in total. The summed E-state index contributed by atoms with van der Waals surface area (Å²) in [7, 11) is 0. The minimum Gasteiger partial charge on any atom is -0.393 e. The molecule has 0 saturated carbocycles. The molecule has 2 aromatic rings. The van der Waals surface area contributed by atoms with Gasteiger partial charge in [0.2, 0.25) is 0 Å². The largest absolute Gasteiger partial charge is 0.393 e. The van der Waals surface area contributed by atoms with Crippen LogP contribution in [0.25, 0.3) is 11.1 Å². The van der Waals surface area contributed by atoms with Crippen molar-refractivity contribution < 1.29 is 5.11 Å². The second kappa shape index (κ2) is 9.52. The zero-order chi connectivity index (χ0) is 16.5. The smallest absolute Gasteiger partial charge is 0.0580 e. The number of aliphatic hydroxyl groups excluding tert-OH is 1. The van der Waals surface area contributed by atoms with Crippen LogP contribution in [0.1, 0.15) is 57.1 Å². The van der Waals surface area contributed by atoms with Crippen LogP contribution in [0.3, 0.4) is 0 Å². The van der Waals surface area contributed by atoms with Crippen LogP contribution in [-0.2, 0) is 12.8 Å². The topological polar surface area (TPSA) is 20.2 Å². The molecule has 0 heterocycles. The number of hydrogen-bond acceptors (Lipinski definition) is 1. The van der Waals surface area contributed by atoms with Gasteiger partial charge in [-0.2, -0.15) is 0 Å². The fraction of sp³-hybridized carbons (Fsp3) is 0.455. The third-order valence-corrected chi connectivity index (χ3v) is 4.32. The summed E-state index contributed by atoms with van der Waals surface area (Å²) in [5.74, 6) is 0. The molecular formula is C22H30O. The number of aliphatic hydroxyl groups is 1. The van der Waals surface area contributed by atoms with E-state index in [0.717, 1.165) is 25.7 Å². The van der Waals surface area contributed by atoms with Crippen molar-refractivity contribution >= 4 is 0 Å². The predicted octanol–water partition coefficient (Wildman–Crippen LogP) is 5.79. The van der Waals surface area contributed by atoms with E-state index in [9.17, 15) is 5.11 Å². The van der Waals surface area contributed by atoms with Gasteiger partial charge in [0.15, 0.2) is 0 Å². The van der Waals surface area contributed by atoms with Crippen molar-refractivity contribution in [3.63, 3.8) is 0 Å². The summed E-state index contributed by atoms with van der Waals surface area (Å²) in [6.45, 7) is 4.37. The van der Waals surface area contributed by atoms with Gasteiger partial charge in [0, 0.05) is 0 Å². The van der Waals surface area contributed by atoms with Crippen molar-refractivity contribution in [2.24, 2.45) is 0 Å². The second-order valence-electron chi connectivity index (χ2n) is 6.51. The van der Waals surface area contributed by atoms with Crippen LogP contribution < -0.4 is 0 Å². The Labute approximate surface area is 141 Å². The molecule has 0 saturated heterocycles. The van der Waals surface area contributed by atoms with Crippen molar-refractivity contribution in [2.45, 2.75) is 64.9 Å². The molecule has 0 fully saturated rings. The average Bonchev–Trinajstić information content (AvgIpc) is 2.56. The van der Waals surface area contributed by atoms with Crippen LogP contribution in [0.4, 0.5) is 0 Å². The Balaban J connectivity index is 2.24. The quantitative estimate of drug-likeness (QED) is 0.581. The molecule has 0 bridgehead atoms. The summed E-state index contributed by atoms with van der Waals surface area (Å²) >= 11 is 0. The third kappa shape index (κ3) is 5.84. The lowest BCUT2D eigenvalue weighted by atomic mass is 9.94. The monoisotopic (exact) mass is 310 g/mol. The van der Waals surface area contributed by atoms with Gasteiger partial charge >= 0.3 is 0 Å². The SMILES string of the molecule is CCCCCc1cc(CC(O)CCC)cc(-c2ccccc2)c1. The molecular weight excluding hydrogens is 280 g/mol. The molecule has 0 amide bonds. The molecule has 1 N–H and O–H groups in total. The van der Waals surface area contributed by atoms with E-state index in [-0.39, 0.29) is 6.10 Å². The molecule has 2 aromatic carbocycles. The first-order chi connectivity index (χ1) is 11.2. The van der Waals surface area contributed by atoms with Crippen LogP contribution in [0.5, 0.6) is 0 Å². The summed E-state index contributed by atoms with van der Waals surface area (Å²) < 4.78 is 0. The molecule has 1 atom stereocenters. The minimum atomic E-state index is -0.227. The summed E-state index contributed by atoms with van der Waals surface area (Å²) in [6, 6.07) is 17.4. The van der Waals surface area contributed by atoms with E-state index < -0.39 is 0 Å². The molecule has 124 valence electrons. The highest BCUT2D eigenvalue weighted by atomic mass is 16.3. The van der Waals surface area contributed by atoms with Gasteiger partial charge in [0.05, 0.1) is 6.10 Å². The molecule has 1 unspecified atom stereocenters. The lowest BCUT2D eigenvalue weighted by molar-refractivity contribution is 0.164. The van der Waals surface area contributed by atoms with E-state index in [4.69, 9.17) is 0 Å². The van der Waals surface area contributed by atoms with Gasteiger partial charge in [-0.05, 0) is 47.9 Å². The van der Waals surface area contributed by atoms with Gasteiger partial charge in [-0.3, -0.25) is 0 Å². The Bertz CT molecular complexity index is 574. The average molecular weight is 310 g/mol. The van der Waals surface area contributed by atoms with E-state index in [2.05, 4.69) is 62.4 Å². The van der Waals surface area contributed by atoms with Gasteiger partial charge < -0.3 is 5.11 Å². The van der Waals surface area contributed by atoms with Gasteiger partial charge in [0.25, 0.3) is 0 Å². The Morgan fingerprint density at radius 3 is 2.26 bits per heavy atom. The Morgan fingerprint density at radius 2 is 1.57 bits per heavy atom. The molecule has 0 radical (unpaired) electrons. The highest BCUT2D eigenvalue weighted by molar-refractivity contribution is 5.65. The summed E-state index contributed by atoms with van der Waals surface area (Å²) in [5, 5.41) is 10.2. The normalized spacial score (nSPS) is 12.3. The van der Waals surface area contributed by atoms with Gasteiger partial charge in [0.1, 0.15) is 0 Å². The van der Waals surface area contributed by atoms with E-state index in [0.29, 0.717) is 0 Å². The van der Waals surface area contributed by atoms with Crippen molar-refractivity contribution in [1.29, 1.82) is 0 Å². The van der Waals surface area contributed by atoms with Crippen molar-refractivity contribution in [3.8, 4) is 11.1 Å². The molecule has 2 rings (SSSR count). The summed E-state index contributed by atoms with van der Waals surface area (Å²) in [4.78, 5) is 0. The number of hydrogen-bond donors (Lipinski definition) is 1. The zero-order valence-corrected chi connectivity index (χ0v) is 14.6. The van der Waals surface area contributed by atoms with Gasteiger partial charge in [-0.15, -0.1) is 0 Å². The minimum absolute atomic E-state index is 0.227. The van der Waals surface area contributed by atoms with Crippen LogP contribution >= 0.6 is 0 Å². The standard InChI is InChI=1S/C22H30O/c1-3-5-7-11-18-14-19(17-22(23)10-4-2)16-21(15-18)20-12-8-6-9-13-20/h6,8-9,12-16,22-23H,3-5,7,10-11,17H2,1-2H3. The molecule has 23 heavy (non-hydrogen) atoms. The van der Waals surface area contributed by atoms with E-state index in [1.54, 1.807) is 0 Å². The fourth-order valence-corrected chi connectivity index (χ4v) is 3.11. The molecule has 1 heteroatoms. The highest BCUT2D eigenvalue weighted by Gasteiger charge is 2.08. The highest BCUT2D eigenvalue weighted by Crippen LogP contribution is 2.24.